The summed E-state index contributed by atoms with van der Waals surface area (Å²) in [5.41, 5.74) is 3.24. The van der Waals surface area contributed by atoms with Crippen molar-refractivity contribution < 1.29 is 9.59 Å². The number of rotatable bonds is 6. The number of thiophene rings is 1. The number of fused-ring (bicyclic) bond motifs is 1. The van der Waals surface area contributed by atoms with Crippen LogP contribution in [-0.2, 0) is 28.9 Å². The number of aryl methyl sites for hydroxylation is 1. The lowest BCUT2D eigenvalue weighted by Crippen LogP contribution is -2.25. The quantitative estimate of drug-likeness (QED) is 0.886. The first-order valence-electron chi connectivity index (χ1n) is 7.81. The van der Waals surface area contributed by atoms with Crippen LogP contribution in [0.2, 0.25) is 0 Å². The molecule has 0 atom stereocenters. The van der Waals surface area contributed by atoms with E-state index in [4.69, 9.17) is 0 Å². The number of hydrogen-bond acceptors (Lipinski definition) is 3. The van der Waals surface area contributed by atoms with Crippen molar-refractivity contribution in [2.45, 2.75) is 25.7 Å². The smallest absolute Gasteiger partial charge is 0.231 e. The molecule has 0 radical (unpaired) electrons. The van der Waals surface area contributed by atoms with Crippen LogP contribution in [0.15, 0.2) is 35.7 Å². The molecule has 0 spiro atoms. The summed E-state index contributed by atoms with van der Waals surface area (Å²) in [6.45, 7) is 0.631. The molecule has 0 fully saturated rings. The highest BCUT2D eigenvalue weighted by molar-refractivity contribution is 7.09. The summed E-state index contributed by atoms with van der Waals surface area (Å²) in [5.74, 6) is 0.230. The SMILES string of the molecule is CN1C(=O)Cc2cc(CCNC(=O)CCc3cccs3)ccc21. The van der Waals surface area contributed by atoms with E-state index in [2.05, 4.69) is 17.4 Å². The summed E-state index contributed by atoms with van der Waals surface area (Å²) in [5, 5.41) is 5.00. The molecule has 4 nitrogen and oxygen atoms in total. The molecule has 0 saturated carbocycles. The topological polar surface area (TPSA) is 49.4 Å². The number of carbonyl (C=O) groups excluding carboxylic acids is 2. The Kier molecular flexibility index (Phi) is 4.76. The molecule has 5 heteroatoms. The first-order chi connectivity index (χ1) is 11.1. The third-order valence-electron chi connectivity index (χ3n) is 4.14. The normalized spacial score (nSPS) is 13.3. The van der Waals surface area contributed by atoms with Gasteiger partial charge in [-0.3, -0.25) is 9.59 Å². The van der Waals surface area contributed by atoms with Crippen molar-refractivity contribution in [2.75, 3.05) is 18.5 Å². The Balaban J connectivity index is 1.45. The van der Waals surface area contributed by atoms with Crippen LogP contribution in [-0.4, -0.2) is 25.4 Å². The second kappa shape index (κ2) is 6.96. The fraction of sp³-hybridized carbons (Fsp3) is 0.333. The fourth-order valence-electron chi connectivity index (χ4n) is 2.81. The molecule has 0 saturated heterocycles. The highest BCUT2D eigenvalue weighted by atomic mass is 32.1. The number of carbonyl (C=O) groups is 2. The van der Waals surface area contributed by atoms with Gasteiger partial charge in [0.15, 0.2) is 0 Å². The van der Waals surface area contributed by atoms with E-state index in [1.807, 2.05) is 30.6 Å². The molecule has 0 aliphatic carbocycles. The zero-order valence-electron chi connectivity index (χ0n) is 13.2. The molecule has 1 aromatic carbocycles. The van der Waals surface area contributed by atoms with Crippen LogP contribution in [0.4, 0.5) is 5.69 Å². The third kappa shape index (κ3) is 3.79. The molecule has 1 N–H and O–H groups in total. The lowest BCUT2D eigenvalue weighted by atomic mass is 10.1. The van der Waals surface area contributed by atoms with E-state index in [1.165, 1.54) is 4.88 Å². The Bertz CT molecular complexity index is 710. The van der Waals surface area contributed by atoms with Crippen LogP contribution in [0, 0.1) is 0 Å². The maximum atomic E-state index is 11.8. The molecule has 23 heavy (non-hydrogen) atoms. The second-order valence-electron chi connectivity index (χ2n) is 5.77. The number of likely N-dealkylation sites (N-methyl/N-ethyl adjacent to an activating group) is 1. The molecule has 1 aromatic heterocycles. The maximum absolute atomic E-state index is 11.8. The summed E-state index contributed by atoms with van der Waals surface area (Å²) >= 11 is 1.69. The Morgan fingerprint density at radius 3 is 2.96 bits per heavy atom. The molecule has 120 valence electrons. The van der Waals surface area contributed by atoms with E-state index in [9.17, 15) is 9.59 Å². The number of nitrogens with zero attached hydrogens (tertiary/aromatic N) is 1. The van der Waals surface area contributed by atoms with Gasteiger partial charge < -0.3 is 10.2 Å². The summed E-state index contributed by atoms with van der Waals surface area (Å²) in [7, 11) is 1.81. The van der Waals surface area contributed by atoms with Gasteiger partial charge in [0.1, 0.15) is 0 Å². The van der Waals surface area contributed by atoms with Gasteiger partial charge in [0.25, 0.3) is 0 Å². The van der Waals surface area contributed by atoms with Crippen molar-refractivity contribution >= 4 is 28.8 Å². The summed E-state index contributed by atoms with van der Waals surface area (Å²) in [6, 6.07) is 10.2. The van der Waals surface area contributed by atoms with Crippen molar-refractivity contribution in [3.63, 3.8) is 0 Å². The molecule has 1 aliphatic rings. The first-order valence-corrected chi connectivity index (χ1v) is 8.69. The minimum atomic E-state index is 0.0921. The number of nitrogens with one attached hydrogen (secondary N) is 1. The van der Waals surface area contributed by atoms with E-state index < -0.39 is 0 Å². The van der Waals surface area contributed by atoms with Gasteiger partial charge in [0, 0.05) is 30.6 Å². The first kappa shape index (κ1) is 15.7. The lowest BCUT2D eigenvalue weighted by molar-refractivity contribution is -0.121. The van der Waals surface area contributed by atoms with E-state index in [0.29, 0.717) is 19.4 Å². The van der Waals surface area contributed by atoms with E-state index >= 15 is 0 Å². The molecule has 2 heterocycles. The van der Waals surface area contributed by atoms with Crippen molar-refractivity contribution in [1.29, 1.82) is 0 Å². The number of amides is 2. The lowest BCUT2D eigenvalue weighted by Gasteiger charge is -2.11. The van der Waals surface area contributed by atoms with Gasteiger partial charge in [-0.1, -0.05) is 18.2 Å². The molecule has 1 aliphatic heterocycles. The number of anilines is 1. The van der Waals surface area contributed by atoms with Crippen LogP contribution in [0.3, 0.4) is 0 Å². The molecule has 0 unspecified atom stereocenters. The fourth-order valence-corrected chi connectivity index (χ4v) is 3.51. The number of hydrogen-bond donors (Lipinski definition) is 1. The molecule has 0 bridgehead atoms. The van der Waals surface area contributed by atoms with Gasteiger partial charge in [-0.05, 0) is 41.5 Å². The van der Waals surface area contributed by atoms with Crippen molar-refractivity contribution in [2.24, 2.45) is 0 Å². The summed E-state index contributed by atoms with van der Waals surface area (Å²) < 4.78 is 0. The number of benzene rings is 1. The van der Waals surface area contributed by atoms with Crippen molar-refractivity contribution in [3.05, 3.63) is 51.7 Å². The van der Waals surface area contributed by atoms with Gasteiger partial charge in [-0.15, -0.1) is 11.3 Å². The van der Waals surface area contributed by atoms with Gasteiger partial charge in [0.05, 0.1) is 6.42 Å². The maximum Gasteiger partial charge on any atom is 0.231 e. The van der Waals surface area contributed by atoms with Gasteiger partial charge in [-0.25, -0.2) is 0 Å². The standard InChI is InChI=1S/C18H20N2O2S/c1-20-16-6-4-13(11-14(16)12-18(20)22)8-9-19-17(21)7-5-15-3-2-10-23-15/h2-4,6,10-11H,5,7-9,12H2,1H3,(H,19,21). The Labute approximate surface area is 140 Å². The van der Waals surface area contributed by atoms with Crippen LogP contribution in [0.25, 0.3) is 0 Å². The average molecular weight is 328 g/mol. The predicted octanol–water partition coefficient (Wildman–Crippen LogP) is 2.56. The summed E-state index contributed by atoms with van der Waals surface area (Å²) in [4.78, 5) is 26.5. The molecule has 3 rings (SSSR count). The van der Waals surface area contributed by atoms with Gasteiger partial charge in [0.2, 0.25) is 11.8 Å². The van der Waals surface area contributed by atoms with Crippen LogP contribution < -0.4 is 10.2 Å². The minimum Gasteiger partial charge on any atom is -0.356 e. The van der Waals surface area contributed by atoms with E-state index in [0.717, 1.165) is 29.7 Å². The zero-order valence-corrected chi connectivity index (χ0v) is 14.0. The van der Waals surface area contributed by atoms with Crippen molar-refractivity contribution in [1.82, 2.24) is 5.32 Å². The van der Waals surface area contributed by atoms with Crippen LogP contribution in [0.5, 0.6) is 0 Å². The Hall–Kier alpha value is -2.14. The highest BCUT2D eigenvalue weighted by Crippen LogP contribution is 2.28. The Morgan fingerprint density at radius 2 is 2.17 bits per heavy atom. The molecular weight excluding hydrogens is 308 g/mol. The van der Waals surface area contributed by atoms with Crippen LogP contribution in [0.1, 0.15) is 22.4 Å². The minimum absolute atomic E-state index is 0.0921. The summed E-state index contributed by atoms with van der Waals surface area (Å²) in [6.07, 6.45) is 2.60. The average Bonchev–Trinajstić information content (AvgIpc) is 3.14. The highest BCUT2D eigenvalue weighted by Gasteiger charge is 2.23. The van der Waals surface area contributed by atoms with Crippen LogP contribution >= 0.6 is 11.3 Å². The monoisotopic (exact) mass is 328 g/mol. The second-order valence-corrected chi connectivity index (χ2v) is 6.80. The predicted molar refractivity (Wildman–Crippen MR) is 92.9 cm³/mol. The largest absolute Gasteiger partial charge is 0.356 e. The van der Waals surface area contributed by atoms with Crippen molar-refractivity contribution in [3.8, 4) is 0 Å². The van der Waals surface area contributed by atoms with E-state index in [1.54, 1.807) is 16.2 Å². The molecular formula is C18H20N2O2S. The van der Waals surface area contributed by atoms with E-state index in [-0.39, 0.29) is 11.8 Å². The third-order valence-corrected chi connectivity index (χ3v) is 5.07. The molecule has 2 aromatic rings. The van der Waals surface area contributed by atoms with Gasteiger partial charge >= 0.3 is 0 Å². The van der Waals surface area contributed by atoms with Gasteiger partial charge in [-0.2, -0.15) is 0 Å². The Morgan fingerprint density at radius 1 is 1.30 bits per heavy atom. The zero-order chi connectivity index (χ0) is 16.2. The molecule has 2 amide bonds.